The molecule has 2 bridgehead atoms. The summed E-state index contributed by atoms with van der Waals surface area (Å²) in [6.45, 7) is 1.55. The van der Waals surface area contributed by atoms with E-state index < -0.39 is 0 Å². The Bertz CT molecular complexity index is 723. The fraction of sp³-hybridized carbons (Fsp3) is 0.500. The van der Waals surface area contributed by atoms with Crippen LogP contribution in [0.25, 0.3) is 10.2 Å². The first-order valence-corrected chi connectivity index (χ1v) is 9.26. The van der Waals surface area contributed by atoms with Crippen molar-refractivity contribution in [1.82, 2.24) is 10.3 Å². The van der Waals surface area contributed by atoms with Gasteiger partial charge in [-0.15, -0.1) is 11.3 Å². The van der Waals surface area contributed by atoms with Crippen LogP contribution in [0, 0.1) is 17.8 Å². The molecule has 1 aliphatic heterocycles. The van der Waals surface area contributed by atoms with Gasteiger partial charge in [-0.3, -0.25) is 9.59 Å². The van der Waals surface area contributed by atoms with E-state index in [0.717, 1.165) is 16.9 Å². The van der Waals surface area contributed by atoms with Gasteiger partial charge in [-0.25, -0.2) is 4.98 Å². The number of hydrogen-bond donors (Lipinski definition) is 1. The second-order valence-electron chi connectivity index (χ2n) is 6.62. The quantitative estimate of drug-likeness (QED) is 0.923. The minimum absolute atomic E-state index is 0.0584. The van der Waals surface area contributed by atoms with Gasteiger partial charge < -0.3 is 10.1 Å². The standard InChI is InChI=1S/C18H20N2O3S/c21-17-12-7-11(8-13(17)10-23-9-12)18(22)19-6-5-16-20-14-3-1-2-4-15(14)24-16/h1-4,11-13H,5-10H2,(H,19,22)/t11?,12-,13+. The van der Waals surface area contributed by atoms with E-state index >= 15 is 0 Å². The molecule has 6 heteroatoms. The van der Waals surface area contributed by atoms with E-state index in [1.807, 2.05) is 18.2 Å². The Labute approximate surface area is 144 Å². The molecule has 1 saturated carbocycles. The highest BCUT2D eigenvalue weighted by Gasteiger charge is 2.41. The fourth-order valence-corrected chi connectivity index (χ4v) is 4.65. The van der Waals surface area contributed by atoms with Gasteiger partial charge in [0.05, 0.1) is 28.4 Å². The van der Waals surface area contributed by atoms with E-state index in [4.69, 9.17) is 4.74 Å². The number of aromatic nitrogens is 1. The molecule has 3 atom stereocenters. The van der Waals surface area contributed by atoms with Crippen LogP contribution in [0.4, 0.5) is 0 Å². The van der Waals surface area contributed by atoms with Gasteiger partial charge in [0.2, 0.25) is 5.91 Å². The molecular formula is C18H20N2O3S. The molecule has 0 spiro atoms. The lowest BCUT2D eigenvalue weighted by atomic mass is 9.73. The Morgan fingerprint density at radius 2 is 2.00 bits per heavy atom. The molecular weight excluding hydrogens is 324 g/mol. The summed E-state index contributed by atoms with van der Waals surface area (Å²) in [7, 11) is 0. The van der Waals surface area contributed by atoms with E-state index in [9.17, 15) is 9.59 Å². The molecule has 1 aliphatic carbocycles. The van der Waals surface area contributed by atoms with Crippen LogP contribution in [0.3, 0.4) is 0 Å². The summed E-state index contributed by atoms with van der Waals surface area (Å²) in [6, 6.07) is 8.07. The maximum absolute atomic E-state index is 12.4. The number of rotatable bonds is 4. The molecule has 1 amide bonds. The van der Waals surface area contributed by atoms with Gasteiger partial charge in [0.1, 0.15) is 5.78 Å². The van der Waals surface area contributed by atoms with Crippen LogP contribution in [-0.2, 0) is 20.7 Å². The van der Waals surface area contributed by atoms with Gasteiger partial charge in [-0.2, -0.15) is 0 Å². The van der Waals surface area contributed by atoms with Gasteiger partial charge in [0, 0.05) is 30.7 Å². The third-order valence-corrected chi connectivity index (χ3v) is 6.02. The Morgan fingerprint density at radius 1 is 1.25 bits per heavy atom. The Kier molecular flexibility index (Phi) is 4.33. The summed E-state index contributed by atoms with van der Waals surface area (Å²) in [5.74, 6) is 0.132. The molecule has 5 nitrogen and oxygen atoms in total. The first kappa shape index (κ1) is 15.7. The smallest absolute Gasteiger partial charge is 0.223 e. The lowest BCUT2D eigenvalue weighted by Crippen LogP contribution is -2.46. The molecule has 4 rings (SSSR count). The zero-order valence-corrected chi connectivity index (χ0v) is 14.2. The number of nitrogens with one attached hydrogen (secondary N) is 1. The van der Waals surface area contributed by atoms with Gasteiger partial charge in [0.15, 0.2) is 0 Å². The van der Waals surface area contributed by atoms with Crippen LogP contribution < -0.4 is 5.32 Å². The van der Waals surface area contributed by atoms with Crippen LogP contribution in [0.1, 0.15) is 17.8 Å². The number of benzene rings is 1. The Balaban J connectivity index is 1.31. The number of para-hydroxylation sites is 1. The van der Waals surface area contributed by atoms with Gasteiger partial charge in [-0.1, -0.05) is 12.1 Å². The number of amides is 1. The molecule has 24 heavy (non-hydrogen) atoms. The first-order chi connectivity index (χ1) is 11.7. The number of ether oxygens (including phenoxy) is 1. The van der Waals surface area contributed by atoms with E-state index in [-0.39, 0.29) is 23.7 Å². The predicted molar refractivity (Wildman–Crippen MR) is 91.9 cm³/mol. The molecule has 126 valence electrons. The zero-order valence-electron chi connectivity index (χ0n) is 13.4. The van der Waals surface area contributed by atoms with Gasteiger partial charge in [-0.05, 0) is 25.0 Å². The number of ketones is 1. The van der Waals surface area contributed by atoms with E-state index in [1.165, 1.54) is 4.70 Å². The SMILES string of the molecule is O=C(NCCc1nc2ccccc2s1)C1C[C@H]2COC[C@@H](C1)C2=O. The minimum Gasteiger partial charge on any atom is -0.380 e. The topological polar surface area (TPSA) is 68.3 Å². The van der Waals surface area contributed by atoms with Crippen molar-refractivity contribution in [3.05, 3.63) is 29.3 Å². The molecule has 2 heterocycles. The Hall–Kier alpha value is -1.79. The average Bonchev–Trinajstić information content (AvgIpc) is 2.97. The maximum atomic E-state index is 12.4. The first-order valence-electron chi connectivity index (χ1n) is 8.44. The highest BCUT2D eigenvalue weighted by molar-refractivity contribution is 7.18. The summed E-state index contributed by atoms with van der Waals surface area (Å²) in [5, 5.41) is 4.07. The fourth-order valence-electron chi connectivity index (χ4n) is 3.68. The summed E-state index contributed by atoms with van der Waals surface area (Å²) < 4.78 is 6.62. The van der Waals surface area contributed by atoms with Gasteiger partial charge >= 0.3 is 0 Å². The molecule has 2 fully saturated rings. The van der Waals surface area contributed by atoms with E-state index in [2.05, 4.69) is 16.4 Å². The van der Waals surface area contributed by atoms with Gasteiger partial charge in [0.25, 0.3) is 0 Å². The van der Waals surface area contributed by atoms with E-state index in [0.29, 0.717) is 38.4 Å². The summed E-state index contributed by atoms with van der Waals surface area (Å²) in [4.78, 5) is 29.0. The van der Waals surface area contributed by atoms with E-state index in [1.54, 1.807) is 11.3 Å². The molecule has 1 N–H and O–H groups in total. The van der Waals surface area contributed by atoms with Crippen LogP contribution in [0.15, 0.2) is 24.3 Å². The number of Topliss-reactive ketones (excluding diaryl/α,β-unsaturated/α-hetero) is 1. The van der Waals surface area contributed by atoms with Crippen LogP contribution in [-0.4, -0.2) is 36.4 Å². The van der Waals surface area contributed by atoms with Crippen molar-refractivity contribution in [1.29, 1.82) is 0 Å². The number of carbonyl (C=O) groups excluding carboxylic acids is 2. The average molecular weight is 344 g/mol. The second kappa shape index (κ2) is 6.61. The van der Waals surface area contributed by atoms with Crippen molar-refractivity contribution < 1.29 is 14.3 Å². The normalized spacial score (nSPS) is 26.5. The largest absolute Gasteiger partial charge is 0.380 e. The van der Waals surface area contributed by atoms with Crippen molar-refractivity contribution in [2.45, 2.75) is 19.3 Å². The molecule has 1 unspecified atom stereocenters. The third-order valence-electron chi connectivity index (χ3n) is 4.93. The summed E-state index contributed by atoms with van der Waals surface area (Å²) in [6.07, 6.45) is 2.00. The number of fused-ring (bicyclic) bond motifs is 3. The molecule has 1 aromatic heterocycles. The van der Waals surface area contributed by atoms with Crippen molar-refractivity contribution in [3.63, 3.8) is 0 Å². The number of thiazole rings is 1. The zero-order chi connectivity index (χ0) is 16.5. The highest BCUT2D eigenvalue weighted by Crippen LogP contribution is 2.34. The molecule has 2 aromatic rings. The summed E-state index contributed by atoms with van der Waals surface area (Å²) in [5.41, 5.74) is 1.02. The lowest BCUT2D eigenvalue weighted by molar-refractivity contribution is -0.146. The van der Waals surface area contributed by atoms with Crippen molar-refractivity contribution in [2.24, 2.45) is 17.8 Å². The highest BCUT2D eigenvalue weighted by atomic mass is 32.1. The second-order valence-corrected chi connectivity index (χ2v) is 7.73. The molecule has 1 saturated heterocycles. The van der Waals surface area contributed by atoms with Crippen molar-refractivity contribution >= 4 is 33.2 Å². The molecule has 0 radical (unpaired) electrons. The summed E-state index contributed by atoms with van der Waals surface area (Å²) >= 11 is 1.67. The van der Waals surface area contributed by atoms with Crippen LogP contribution >= 0.6 is 11.3 Å². The third kappa shape index (κ3) is 3.08. The molecule has 2 aliphatic rings. The van der Waals surface area contributed by atoms with Crippen molar-refractivity contribution in [2.75, 3.05) is 19.8 Å². The van der Waals surface area contributed by atoms with Crippen LogP contribution in [0.2, 0.25) is 0 Å². The van der Waals surface area contributed by atoms with Crippen LogP contribution in [0.5, 0.6) is 0 Å². The molecule has 1 aromatic carbocycles. The number of carbonyl (C=O) groups is 2. The Morgan fingerprint density at radius 3 is 2.75 bits per heavy atom. The monoisotopic (exact) mass is 344 g/mol. The number of nitrogens with zero attached hydrogens (tertiary/aromatic N) is 1. The van der Waals surface area contributed by atoms with Crippen molar-refractivity contribution in [3.8, 4) is 0 Å². The lowest BCUT2D eigenvalue weighted by Gasteiger charge is -2.36. The number of hydrogen-bond acceptors (Lipinski definition) is 5. The minimum atomic E-state index is -0.0856. The maximum Gasteiger partial charge on any atom is 0.223 e. The predicted octanol–water partition coefficient (Wildman–Crippen LogP) is 2.20.